The van der Waals surface area contributed by atoms with E-state index >= 15 is 0 Å². The van der Waals surface area contributed by atoms with Gasteiger partial charge in [0.2, 0.25) is 0 Å². The highest BCUT2D eigenvalue weighted by Gasteiger charge is 1.95. The fourth-order valence-electron chi connectivity index (χ4n) is 1.45. The molecule has 0 radical (unpaired) electrons. The van der Waals surface area contributed by atoms with E-state index in [1.54, 1.807) is 0 Å². The predicted octanol–water partition coefficient (Wildman–Crippen LogP) is 2.86. The molecule has 0 N–H and O–H groups in total. The average Bonchev–Trinajstić information content (AvgIpc) is 2.29. The normalized spacial score (nSPS) is 10.6. The van der Waals surface area contributed by atoms with Crippen molar-refractivity contribution >= 4 is 10.9 Å². The fourth-order valence-corrected chi connectivity index (χ4v) is 1.45. The van der Waals surface area contributed by atoms with Crippen molar-refractivity contribution in [1.29, 1.82) is 5.26 Å². The molecule has 0 aliphatic carbocycles. The van der Waals surface area contributed by atoms with Crippen molar-refractivity contribution < 1.29 is 0 Å². The molecular formula is C13H10N2. The molecule has 0 saturated carbocycles. The van der Waals surface area contributed by atoms with Crippen molar-refractivity contribution in [3.05, 3.63) is 54.2 Å². The van der Waals surface area contributed by atoms with Crippen LogP contribution >= 0.6 is 0 Å². The molecular weight excluding hydrogens is 184 g/mol. The van der Waals surface area contributed by atoms with Crippen LogP contribution in [0, 0.1) is 11.3 Å². The maximum atomic E-state index is 8.36. The van der Waals surface area contributed by atoms with Gasteiger partial charge in [-0.15, -0.1) is 0 Å². The molecule has 72 valence electrons. The summed E-state index contributed by atoms with van der Waals surface area (Å²) in [5.41, 5.74) is 1.99. The molecule has 2 rings (SSSR count). The van der Waals surface area contributed by atoms with E-state index in [4.69, 9.17) is 5.26 Å². The average molecular weight is 194 g/mol. The Morgan fingerprint density at radius 3 is 2.93 bits per heavy atom. The number of fused-ring (bicyclic) bond motifs is 1. The lowest BCUT2D eigenvalue weighted by molar-refractivity contribution is 1.14. The minimum Gasteiger partial charge on any atom is -0.253 e. The minimum atomic E-state index is 0.707. The van der Waals surface area contributed by atoms with Crippen molar-refractivity contribution in [1.82, 2.24) is 4.98 Å². The van der Waals surface area contributed by atoms with Gasteiger partial charge in [-0.2, -0.15) is 5.26 Å². The highest BCUT2D eigenvalue weighted by Crippen LogP contribution is 2.11. The van der Waals surface area contributed by atoms with E-state index in [1.165, 1.54) is 6.08 Å². The Hall–Kier alpha value is -2.14. The van der Waals surface area contributed by atoms with Gasteiger partial charge < -0.3 is 0 Å². The maximum absolute atomic E-state index is 8.36. The summed E-state index contributed by atoms with van der Waals surface area (Å²) in [6.07, 6.45) is 4.01. The zero-order chi connectivity index (χ0) is 10.5. The van der Waals surface area contributed by atoms with Crippen LogP contribution < -0.4 is 0 Å². The van der Waals surface area contributed by atoms with Crippen molar-refractivity contribution in [3.8, 4) is 6.07 Å². The lowest BCUT2D eigenvalue weighted by Gasteiger charge is -1.99. The third kappa shape index (κ3) is 2.21. The van der Waals surface area contributed by atoms with Crippen LogP contribution in [0.5, 0.6) is 0 Å². The standard InChI is InChI=1S/C13H10N2/c14-10-4-3-6-12-9-8-11-5-1-2-7-13(11)15-12/h1-5,7-9H,6H2. The van der Waals surface area contributed by atoms with Gasteiger partial charge in [-0.1, -0.05) is 30.3 Å². The highest BCUT2D eigenvalue weighted by atomic mass is 14.7. The Kier molecular flexibility index (Phi) is 2.75. The second-order valence-corrected chi connectivity index (χ2v) is 3.23. The molecule has 0 amide bonds. The molecule has 0 aliphatic heterocycles. The van der Waals surface area contributed by atoms with Gasteiger partial charge >= 0.3 is 0 Å². The molecule has 1 heterocycles. The molecule has 0 saturated heterocycles. The summed E-state index contributed by atoms with van der Waals surface area (Å²) >= 11 is 0. The smallest absolute Gasteiger partial charge is 0.0908 e. The van der Waals surface area contributed by atoms with Crippen LogP contribution in [0.2, 0.25) is 0 Å². The highest BCUT2D eigenvalue weighted by molar-refractivity contribution is 5.78. The molecule has 1 aromatic heterocycles. The SMILES string of the molecule is N#CC=CCc1ccc2ccccc2n1. The van der Waals surface area contributed by atoms with Crippen molar-refractivity contribution in [2.75, 3.05) is 0 Å². The first-order chi connectivity index (χ1) is 7.40. The van der Waals surface area contributed by atoms with Crippen LogP contribution in [0.3, 0.4) is 0 Å². The molecule has 2 nitrogen and oxygen atoms in total. The van der Waals surface area contributed by atoms with Crippen molar-refractivity contribution in [2.24, 2.45) is 0 Å². The van der Waals surface area contributed by atoms with Crippen molar-refractivity contribution in [3.63, 3.8) is 0 Å². The van der Waals surface area contributed by atoms with Gasteiger partial charge in [-0.25, -0.2) is 0 Å². The van der Waals surface area contributed by atoms with Crippen LogP contribution in [-0.4, -0.2) is 4.98 Å². The monoisotopic (exact) mass is 194 g/mol. The van der Waals surface area contributed by atoms with E-state index in [9.17, 15) is 0 Å². The zero-order valence-corrected chi connectivity index (χ0v) is 8.22. The number of allylic oxidation sites excluding steroid dienone is 2. The fraction of sp³-hybridized carbons (Fsp3) is 0.0769. The molecule has 1 aromatic carbocycles. The molecule has 0 atom stereocenters. The molecule has 0 spiro atoms. The molecule has 0 fully saturated rings. The molecule has 0 bridgehead atoms. The van der Waals surface area contributed by atoms with E-state index in [2.05, 4.69) is 11.1 Å². The minimum absolute atomic E-state index is 0.707. The number of nitriles is 1. The van der Waals surface area contributed by atoms with Crippen LogP contribution in [0.4, 0.5) is 0 Å². The summed E-state index contributed by atoms with van der Waals surface area (Å²) in [7, 11) is 0. The number of aromatic nitrogens is 1. The number of rotatable bonds is 2. The predicted molar refractivity (Wildman–Crippen MR) is 60.2 cm³/mol. The van der Waals surface area contributed by atoms with E-state index in [0.29, 0.717) is 6.42 Å². The van der Waals surface area contributed by atoms with Gasteiger partial charge in [-0.3, -0.25) is 4.98 Å². The number of benzene rings is 1. The van der Waals surface area contributed by atoms with Crippen LogP contribution in [0.15, 0.2) is 48.6 Å². The number of hydrogen-bond donors (Lipinski definition) is 0. The Morgan fingerprint density at radius 2 is 2.07 bits per heavy atom. The third-order valence-corrected chi connectivity index (χ3v) is 2.18. The summed E-state index contributed by atoms with van der Waals surface area (Å²) < 4.78 is 0. The first-order valence-electron chi connectivity index (χ1n) is 4.79. The molecule has 2 heteroatoms. The van der Waals surface area contributed by atoms with Crippen LogP contribution in [0.1, 0.15) is 5.69 Å². The number of nitrogens with zero attached hydrogens (tertiary/aromatic N) is 2. The van der Waals surface area contributed by atoms with Gasteiger partial charge in [0.05, 0.1) is 11.6 Å². The van der Waals surface area contributed by atoms with E-state index in [1.807, 2.05) is 42.5 Å². The summed E-state index contributed by atoms with van der Waals surface area (Å²) in [5.74, 6) is 0. The molecule has 0 aliphatic rings. The number of hydrogen-bond acceptors (Lipinski definition) is 2. The Labute approximate surface area is 88.5 Å². The quantitative estimate of drug-likeness (QED) is 0.689. The Bertz CT molecular complexity index is 535. The number of para-hydroxylation sites is 1. The molecule has 15 heavy (non-hydrogen) atoms. The largest absolute Gasteiger partial charge is 0.253 e. The Balaban J connectivity index is 2.31. The lowest BCUT2D eigenvalue weighted by Crippen LogP contribution is -1.87. The summed E-state index contributed by atoms with van der Waals surface area (Å²) in [5, 5.41) is 9.50. The molecule has 2 aromatic rings. The van der Waals surface area contributed by atoms with Crippen LogP contribution in [0.25, 0.3) is 10.9 Å². The number of pyridine rings is 1. The third-order valence-electron chi connectivity index (χ3n) is 2.18. The van der Waals surface area contributed by atoms with E-state index in [-0.39, 0.29) is 0 Å². The summed E-state index contributed by atoms with van der Waals surface area (Å²) in [6, 6.07) is 14.0. The zero-order valence-electron chi connectivity index (χ0n) is 8.22. The van der Waals surface area contributed by atoms with Gasteiger partial charge in [0.15, 0.2) is 0 Å². The van der Waals surface area contributed by atoms with Crippen molar-refractivity contribution in [2.45, 2.75) is 6.42 Å². The van der Waals surface area contributed by atoms with Gasteiger partial charge in [0.1, 0.15) is 0 Å². The first kappa shape index (κ1) is 9.42. The first-order valence-corrected chi connectivity index (χ1v) is 4.79. The summed E-state index contributed by atoms with van der Waals surface area (Å²) in [4.78, 5) is 4.49. The van der Waals surface area contributed by atoms with E-state index in [0.717, 1.165) is 16.6 Å². The second-order valence-electron chi connectivity index (χ2n) is 3.23. The Morgan fingerprint density at radius 1 is 1.20 bits per heavy atom. The molecule has 0 unspecified atom stereocenters. The second kappa shape index (κ2) is 4.39. The summed E-state index contributed by atoms with van der Waals surface area (Å²) in [6.45, 7) is 0. The lowest BCUT2D eigenvalue weighted by atomic mass is 10.2. The van der Waals surface area contributed by atoms with Crippen LogP contribution in [-0.2, 0) is 6.42 Å². The van der Waals surface area contributed by atoms with Gasteiger partial charge in [-0.05, 0) is 12.1 Å². The maximum Gasteiger partial charge on any atom is 0.0908 e. The topological polar surface area (TPSA) is 36.7 Å². The van der Waals surface area contributed by atoms with E-state index < -0.39 is 0 Å². The van der Waals surface area contributed by atoms with Gasteiger partial charge in [0.25, 0.3) is 0 Å². The van der Waals surface area contributed by atoms with Gasteiger partial charge in [0, 0.05) is 23.6 Å².